The van der Waals surface area contributed by atoms with Gasteiger partial charge >= 0.3 is 0 Å². The number of methoxy groups -OCH3 is 4. The number of hydrogen-bond donors (Lipinski definition) is 1. The zero-order valence-corrected chi connectivity index (χ0v) is 28.4. The molecule has 3 aromatic carbocycles. The van der Waals surface area contributed by atoms with Gasteiger partial charge in [0.2, 0.25) is 0 Å². The summed E-state index contributed by atoms with van der Waals surface area (Å²) in [5.41, 5.74) is 3.31. The highest BCUT2D eigenvalue weighted by Crippen LogP contribution is 2.49. The summed E-state index contributed by atoms with van der Waals surface area (Å²) in [5.74, 6) is 3.33. The Morgan fingerprint density at radius 2 is 0.902 bits per heavy atom. The third kappa shape index (κ3) is 6.61. The molecule has 0 spiro atoms. The summed E-state index contributed by atoms with van der Waals surface area (Å²) < 4.78 is 24.2. The van der Waals surface area contributed by atoms with Crippen LogP contribution in [0.5, 0.6) is 28.7 Å². The molecule has 224 valence electrons. The lowest BCUT2D eigenvalue weighted by molar-refractivity contribution is 0.390. The van der Waals surface area contributed by atoms with E-state index in [-0.39, 0.29) is 16.2 Å². The number of benzene rings is 3. The second kappa shape index (κ2) is 11.8. The van der Waals surface area contributed by atoms with E-state index >= 15 is 0 Å². The Bertz CT molecular complexity index is 1330. The molecule has 0 saturated carbocycles. The average Bonchev–Trinajstić information content (AvgIpc) is 2.87. The maximum Gasteiger partial charge on any atom is 0.131 e. The van der Waals surface area contributed by atoms with Crippen LogP contribution in [0.4, 0.5) is 0 Å². The van der Waals surface area contributed by atoms with Gasteiger partial charge in [0.05, 0.1) is 28.4 Å². The fourth-order valence-corrected chi connectivity index (χ4v) is 7.96. The second-order valence-corrected chi connectivity index (χ2v) is 15.8. The predicted octanol–water partition coefficient (Wildman–Crippen LogP) is 7.39. The van der Waals surface area contributed by atoms with Crippen molar-refractivity contribution >= 4 is 23.8 Å². The van der Waals surface area contributed by atoms with E-state index in [1.54, 1.807) is 28.4 Å². The number of phenols is 1. The molecule has 1 N–H and O–H groups in total. The lowest BCUT2D eigenvalue weighted by Crippen LogP contribution is -2.29. The third-order valence-electron chi connectivity index (χ3n) is 7.35. The molecule has 0 aliphatic carbocycles. The Balaban J connectivity index is 2.67. The Morgan fingerprint density at radius 1 is 0.512 bits per heavy atom. The van der Waals surface area contributed by atoms with E-state index < -0.39 is 7.92 Å². The quantitative estimate of drug-likeness (QED) is 0.296. The molecule has 3 rings (SSSR count). The summed E-state index contributed by atoms with van der Waals surface area (Å²) in [6, 6.07) is 12.4. The molecular weight excluding hydrogens is 531 g/mol. The fraction of sp³-hybridized carbons (Fsp3) is 0.486. The minimum Gasteiger partial charge on any atom is -0.507 e. The van der Waals surface area contributed by atoms with Crippen molar-refractivity contribution in [1.29, 1.82) is 0 Å². The highest BCUT2D eigenvalue weighted by atomic mass is 31.1. The summed E-state index contributed by atoms with van der Waals surface area (Å²) >= 11 is 0. The van der Waals surface area contributed by atoms with Crippen LogP contribution in [0, 0.1) is 6.92 Å². The van der Waals surface area contributed by atoms with Crippen molar-refractivity contribution in [2.24, 2.45) is 0 Å². The Labute approximate surface area is 248 Å². The van der Waals surface area contributed by atoms with Gasteiger partial charge in [-0.1, -0.05) is 68.4 Å². The molecule has 6 heteroatoms. The summed E-state index contributed by atoms with van der Waals surface area (Å²) in [4.78, 5) is 0. The van der Waals surface area contributed by atoms with Gasteiger partial charge in [-0.25, -0.2) is 0 Å². The summed E-state index contributed by atoms with van der Waals surface area (Å²) in [7, 11) is 5.38. The van der Waals surface area contributed by atoms with Crippen molar-refractivity contribution in [3.63, 3.8) is 0 Å². The third-order valence-corrected chi connectivity index (χ3v) is 9.80. The van der Waals surface area contributed by atoms with Crippen LogP contribution in [-0.4, -0.2) is 33.5 Å². The van der Waals surface area contributed by atoms with Gasteiger partial charge in [0.15, 0.2) is 0 Å². The van der Waals surface area contributed by atoms with Crippen LogP contribution >= 0.6 is 7.92 Å². The maximum atomic E-state index is 12.1. The first kappa shape index (κ1) is 32.6. The number of hydrogen-bond acceptors (Lipinski definition) is 5. The Hall–Kier alpha value is -2.91. The maximum absolute atomic E-state index is 12.1. The summed E-state index contributed by atoms with van der Waals surface area (Å²) in [6.45, 7) is 21.5. The van der Waals surface area contributed by atoms with E-state index in [0.29, 0.717) is 5.75 Å². The van der Waals surface area contributed by atoms with E-state index in [2.05, 4.69) is 93.5 Å². The van der Waals surface area contributed by atoms with Gasteiger partial charge in [-0.15, -0.1) is 0 Å². The summed E-state index contributed by atoms with van der Waals surface area (Å²) in [5, 5.41) is 14.8. The molecule has 0 atom stereocenters. The van der Waals surface area contributed by atoms with Crippen molar-refractivity contribution in [1.82, 2.24) is 0 Å². The number of ether oxygens (including phenoxy) is 4. The molecule has 0 saturated heterocycles. The van der Waals surface area contributed by atoms with Gasteiger partial charge < -0.3 is 24.1 Å². The van der Waals surface area contributed by atoms with E-state index in [4.69, 9.17) is 18.9 Å². The molecular formula is C35H49O5P. The molecule has 0 aliphatic rings. The van der Waals surface area contributed by atoms with Crippen molar-refractivity contribution in [2.75, 3.05) is 28.4 Å². The van der Waals surface area contributed by atoms with Crippen LogP contribution in [0.2, 0.25) is 0 Å². The molecule has 0 bridgehead atoms. The standard InChI is InChI=1S/C35H49O5P/c1-21-15-24(33(2,3)4)30(36)27(16-21)41(28-19-22(37-11)17-25(31(28)39-13)34(5,6)7)29-20-23(38-12)18-26(32(29)40-14)35(8,9)10/h15-20,36H,1-14H3. The monoisotopic (exact) mass is 580 g/mol. The van der Waals surface area contributed by atoms with Gasteiger partial charge in [0, 0.05) is 32.6 Å². The molecule has 0 amide bonds. The first-order valence-electron chi connectivity index (χ1n) is 14.1. The molecule has 0 fully saturated rings. The van der Waals surface area contributed by atoms with E-state index in [1.807, 2.05) is 12.1 Å². The molecule has 41 heavy (non-hydrogen) atoms. The largest absolute Gasteiger partial charge is 0.507 e. The fourth-order valence-electron chi connectivity index (χ4n) is 5.18. The van der Waals surface area contributed by atoms with Gasteiger partial charge in [0.1, 0.15) is 28.7 Å². The van der Waals surface area contributed by atoms with E-state index in [0.717, 1.165) is 61.2 Å². The lowest BCUT2D eigenvalue weighted by atomic mass is 9.85. The van der Waals surface area contributed by atoms with Gasteiger partial charge in [0.25, 0.3) is 0 Å². The highest BCUT2D eigenvalue weighted by molar-refractivity contribution is 7.80. The molecule has 0 radical (unpaired) electrons. The minimum absolute atomic E-state index is 0.226. The van der Waals surface area contributed by atoms with Crippen LogP contribution in [-0.2, 0) is 16.2 Å². The zero-order chi connectivity index (χ0) is 31.1. The molecule has 0 unspecified atom stereocenters. The average molecular weight is 581 g/mol. The van der Waals surface area contributed by atoms with Gasteiger partial charge in [-0.3, -0.25) is 0 Å². The van der Waals surface area contributed by atoms with Crippen LogP contribution in [0.25, 0.3) is 0 Å². The first-order chi connectivity index (χ1) is 18.9. The van der Waals surface area contributed by atoms with Gasteiger partial charge in [-0.2, -0.15) is 0 Å². The predicted molar refractivity (Wildman–Crippen MR) is 174 cm³/mol. The first-order valence-corrected chi connectivity index (χ1v) is 15.4. The second-order valence-electron chi connectivity index (χ2n) is 13.7. The van der Waals surface area contributed by atoms with Crippen LogP contribution in [0.1, 0.15) is 84.6 Å². The molecule has 0 heterocycles. The van der Waals surface area contributed by atoms with Crippen molar-refractivity contribution in [3.05, 3.63) is 58.7 Å². The van der Waals surface area contributed by atoms with Crippen molar-refractivity contribution in [3.8, 4) is 28.7 Å². The lowest BCUT2D eigenvalue weighted by Gasteiger charge is -2.32. The molecule has 5 nitrogen and oxygen atoms in total. The highest BCUT2D eigenvalue weighted by Gasteiger charge is 2.35. The molecule has 0 aromatic heterocycles. The Morgan fingerprint density at radius 3 is 1.22 bits per heavy atom. The summed E-state index contributed by atoms with van der Waals surface area (Å²) in [6.07, 6.45) is 0. The van der Waals surface area contributed by atoms with E-state index in [9.17, 15) is 5.11 Å². The van der Waals surface area contributed by atoms with Gasteiger partial charge in [-0.05, 0) is 67.0 Å². The molecule has 3 aromatic rings. The minimum atomic E-state index is -1.43. The normalized spacial score (nSPS) is 12.5. The zero-order valence-electron chi connectivity index (χ0n) is 27.5. The number of rotatable bonds is 7. The van der Waals surface area contributed by atoms with Crippen molar-refractivity contribution in [2.45, 2.75) is 85.5 Å². The molecule has 0 aliphatic heterocycles. The van der Waals surface area contributed by atoms with Crippen molar-refractivity contribution < 1.29 is 24.1 Å². The topological polar surface area (TPSA) is 57.2 Å². The van der Waals surface area contributed by atoms with E-state index in [1.165, 1.54) is 0 Å². The van der Waals surface area contributed by atoms with Crippen LogP contribution in [0.15, 0.2) is 36.4 Å². The Kier molecular flexibility index (Phi) is 9.35. The number of phenolic OH excluding ortho intramolecular Hbond substituents is 1. The smallest absolute Gasteiger partial charge is 0.131 e. The SMILES string of the molecule is COc1cc(P(c2cc(C)cc(C(C)(C)C)c2O)c2cc(OC)cc(C(C)(C)C)c2OC)c(OC)c(C(C)(C)C)c1. The van der Waals surface area contributed by atoms with Crippen LogP contribution in [0.3, 0.4) is 0 Å². The van der Waals surface area contributed by atoms with Crippen LogP contribution < -0.4 is 34.9 Å². The number of aryl methyl sites for hydroxylation is 1. The number of aromatic hydroxyl groups is 1.